The molecule has 120 valence electrons. The zero-order valence-electron chi connectivity index (χ0n) is 13.2. The van der Waals surface area contributed by atoms with Crippen LogP contribution in [0.3, 0.4) is 0 Å². The zero-order chi connectivity index (χ0) is 15.4. The van der Waals surface area contributed by atoms with Crippen molar-refractivity contribution in [3.8, 4) is 11.5 Å². The molecule has 0 saturated carbocycles. The highest BCUT2D eigenvalue weighted by Crippen LogP contribution is 2.32. The summed E-state index contributed by atoms with van der Waals surface area (Å²) in [7, 11) is 0. The molecule has 0 aliphatic carbocycles. The van der Waals surface area contributed by atoms with Gasteiger partial charge in [0.05, 0.1) is 12.6 Å². The lowest BCUT2D eigenvalue weighted by molar-refractivity contribution is -0.923. The highest BCUT2D eigenvalue weighted by molar-refractivity contribution is 5.91. The van der Waals surface area contributed by atoms with Gasteiger partial charge in [-0.25, -0.2) is 0 Å². The number of carbonyl (C=O) groups is 1. The van der Waals surface area contributed by atoms with Crippen LogP contribution in [-0.4, -0.2) is 38.3 Å². The number of quaternary nitrogens is 1. The third kappa shape index (κ3) is 3.53. The molecule has 0 aromatic heterocycles. The third-order valence-electron chi connectivity index (χ3n) is 4.58. The number of amides is 1. The van der Waals surface area contributed by atoms with E-state index >= 15 is 0 Å². The maximum atomic E-state index is 12.3. The van der Waals surface area contributed by atoms with Crippen molar-refractivity contribution in [1.29, 1.82) is 0 Å². The van der Waals surface area contributed by atoms with E-state index in [1.165, 1.54) is 24.2 Å². The Hall–Kier alpha value is -1.75. The van der Waals surface area contributed by atoms with Crippen LogP contribution < -0.4 is 19.7 Å². The molecule has 1 amide bonds. The molecular formula is C17H25N2O3+. The SMILES string of the molecule is CC[C@@H]1CCCC[NH+]1CC(=O)Nc1ccc2c(c1)OCCO2. The van der Waals surface area contributed by atoms with Gasteiger partial charge in [-0.1, -0.05) is 6.92 Å². The molecule has 1 aromatic carbocycles. The molecule has 0 radical (unpaired) electrons. The standard InChI is InChI=1S/C17H24N2O3/c1-2-14-5-3-4-8-19(14)12-17(20)18-13-6-7-15-16(11-13)22-10-9-21-15/h6-7,11,14H,2-5,8-10,12H2,1H3,(H,18,20)/p+1/t14-/m1/s1. The van der Waals surface area contributed by atoms with Gasteiger partial charge in [0.25, 0.3) is 5.91 Å². The number of fused-ring (bicyclic) bond motifs is 1. The van der Waals surface area contributed by atoms with Crippen LogP contribution in [0.5, 0.6) is 11.5 Å². The van der Waals surface area contributed by atoms with Gasteiger partial charge in [0, 0.05) is 11.8 Å². The summed E-state index contributed by atoms with van der Waals surface area (Å²) in [6, 6.07) is 6.19. The Labute approximate surface area is 131 Å². The third-order valence-corrected chi connectivity index (χ3v) is 4.58. The van der Waals surface area contributed by atoms with Crippen LogP contribution in [-0.2, 0) is 4.79 Å². The van der Waals surface area contributed by atoms with Gasteiger partial charge in [-0.2, -0.15) is 0 Å². The van der Waals surface area contributed by atoms with Gasteiger partial charge < -0.3 is 19.7 Å². The van der Waals surface area contributed by atoms with Crippen LogP contribution in [0.25, 0.3) is 0 Å². The Morgan fingerprint density at radius 3 is 2.91 bits per heavy atom. The molecule has 22 heavy (non-hydrogen) atoms. The van der Waals surface area contributed by atoms with Crippen LogP contribution >= 0.6 is 0 Å². The molecule has 1 fully saturated rings. The van der Waals surface area contributed by atoms with Crippen LogP contribution in [0, 0.1) is 0 Å². The Bertz CT molecular complexity index is 533. The van der Waals surface area contributed by atoms with E-state index in [0.717, 1.165) is 24.4 Å². The fourth-order valence-electron chi connectivity index (χ4n) is 3.41. The predicted octanol–water partition coefficient (Wildman–Crippen LogP) is 1.24. The number of anilines is 1. The second-order valence-electron chi connectivity index (χ2n) is 6.09. The van der Waals surface area contributed by atoms with Crippen molar-refractivity contribution in [3.05, 3.63) is 18.2 Å². The maximum Gasteiger partial charge on any atom is 0.279 e. The summed E-state index contributed by atoms with van der Waals surface area (Å²) in [6.45, 7) is 5.00. The van der Waals surface area contributed by atoms with Crippen molar-refractivity contribution in [2.24, 2.45) is 0 Å². The second-order valence-corrected chi connectivity index (χ2v) is 6.09. The van der Waals surface area contributed by atoms with E-state index in [1.807, 2.05) is 18.2 Å². The number of hydrogen-bond donors (Lipinski definition) is 2. The van der Waals surface area contributed by atoms with E-state index < -0.39 is 0 Å². The number of rotatable bonds is 4. The fraction of sp³-hybridized carbons (Fsp3) is 0.588. The van der Waals surface area contributed by atoms with Crippen molar-refractivity contribution in [2.75, 3.05) is 31.6 Å². The number of ether oxygens (including phenoxy) is 2. The molecule has 2 aliphatic rings. The number of hydrogen-bond acceptors (Lipinski definition) is 3. The molecule has 2 atom stereocenters. The highest BCUT2D eigenvalue weighted by Gasteiger charge is 2.26. The maximum absolute atomic E-state index is 12.3. The average Bonchev–Trinajstić information content (AvgIpc) is 2.55. The summed E-state index contributed by atoms with van der Waals surface area (Å²) in [5, 5.41) is 2.99. The minimum absolute atomic E-state index is 0.0760. The average molecular weight is 305 g/mol. The van der Waals surface area contributed by atoms with Gasteiger partial charge in [0.1, 0.15) is 13.2 Å². The van der Waals surface area contributed by atoms with E-state index in [1.54, 1.807) is 0 Å². The first-order valence-electron chi connectivity index (χ1n) is 8.30. The van der Waals surface area contributed by atoms with Crippen molar-refractivity contribution < 1.29 is 19.2 Å². The van der Waals surface area contributed by atoms with Crippen LogP contribution in [0.15, 0.2) is 18.2 Å². The molecule has 3 rings (SSSR count). The van der Waals surface area contributed by atoms with E-state index in [0.29, 0.717) is 31.5 Å². The van der Waals surface area contributed by atoms with Crippen molar-refractivity contribution in [1.82, 2.24) is 0 Å². The molecular weight excluding hydrogens is 280 g/mol. The fourth-order valence-corrected chi connectivity index (χ4v) is 3.41. The summed E-state index contributed by atoms with van der Waals surface area (Å²) in [4.78, 5) is 13.7. The normalized spacial score (nSPS) is 23.9. The minimum atomic E-state index is 0.0760. The van der Waals surface area contributed by atoms with Crippen LogP contribution in [0.2, 0.25) is 0 Å². The second kappa shape index (κ2) is 7.01. The van der Waals surface area contributed by atoms with Gasteiger partial charge in [-0.15, -0.1) is 0 Å². The van der Waals surface area contributed by atoms with Crippen LogP contribution in [0.4, 0.5) is 5.69 Å². The Balaban J connectivity index is 1.59. The molecule has 0 spiro atoms. The van der Waals surface area contributed by atoms with Gasteiger partial charge in [0.2, 0.25) is 0 Å². The molecule has 2 aliphatic heterocycles. The molecule has 2 heterocycles. The monoisotopic (exact) mass is 305 g/mol. The number of likely N-dealkylation sites (tertiary alicyclic amines) is 1. The van der Waals surface area contributed by atoms with Crippen LogP contribution in [0.1, 0.15) is 32.6 Å². The number of carbonyl (C=O) groups excluding carboxylic acids is 1. The lowest BCUT2D eigenvalue weighted by Gasteiger charge is -2.31. The Kier molecular flexibility index (Phi) is 4.83. The van der Waals surface area contributed by atoms with Crippen molar-refractivity contribution in [3.63, 3.8) is 0 Å². The van der Waals surface area contributed by atoms with Gasteiger partial charge >= 0.3 is 0 Å². The first kappa shape index (κ1) is 15.2. The number of nitrogens with one attached hydrogen (secondary N) is 2. The predicted molar refractivity (Wildman–Crippen MR) is 84.7 cm³/mol. The molecule has 1 unspecified atom stereocenters. The molecule has 0 bridgehead atoms. The topological polar surface area (TPSA) is 52.0 Å². The van der Waals surface area contributed by atoms with Gasteiger partial charge in [0.15, 0.2) is 18.0 Å². The number of piperidine rings is 1. The lowest BCUT2D eigenvalue weighted by Crippen LogP contribution is -3.17. The van der Waals surface area contributed by atoms with Gasteiger partial charge in [-0.3, -0.25) is 4.79 Å². The smallest absolute Gasteiger partial charge is 0.279 e. The van der Waals surface area contributed by atoms with E-state index in [-0.39, 0.29) is 5.91 Å². The first-order chi connectivity index (χ1) is 10.8. The lowest BCUT2D eigenvalue weighted by atomic mass is 10.00. The molecule has 1 aromatic rings. The quantitative estimate of drug-likeness (QED) is 0.880. The first-order valence-corrected chi connectivity index (χ1v) is 8.30. The number of benzene rings is 1. The van der Waals surface area contributed by atoms with Crippen molar-refractivity contribution >= 4 is 11.6 Å². The van der Waals surface area contributed by atoms with Gasteiger partial charge in [-0.05, 0) is 37.8 Å². The zero-order valence-corrected chi connectivity index (χ0v) is 13.2. The molecule has 5 nitrogen and oxygen atoms in total. The Morgan fingerprint density at radius 1 is 1.27 bits per heavy atom. The Morgan fingerprint density at radius 2 is 2.09 bits per heavy atom. The van der Waals surface area contributed by atoms with E-state index in [4.69, 9.17) is 9.47 Å². The molecule has 5 heteroatoms. The molecule has 2 N–H and O–H groups in total. The summed E-state index contributed by atoms with van der Waals surface area (Å²) in [6.07, 6.45) is 4.91. The largest absolute Gasteiger partial charge is 0.486 e. The van der Waals surface area contributed by atoms with Crippen molar-refractivity contribution in [2.45, 2.75) is 38.6 Å². The molecule has 1 saturated heterocycles. The minimum Gasteiger partial charge on any atom is -0.486 e. The summed E-state index contributed by atoms with van der Waals surface area (Å²) in [5.41, 5.74) is 0.777. The summed E-state index contributed by atoms with van der Waals surface area (Å²) >= 11 is 0. The van der Waals surface area contributed by atoms with E-state index in [2.05, 4.69) is 12.2 Å². The van der Waals surface area contributed by atoms with E-state index in [9.17, 15) is 4.79 Å². The summed E-state index contributed by atoms with van der Waals surface area (Å²) < 4.78 is 11.0. The highest BCUT2D eigenvalue weighted by atomic mass is 16.6. The summed E-state index contributed by atoms with van der Waals surface area (Å²) in [5.74, 6) is 1.53.